The molecule has 0 aromatic heterocycles. The second-order valence-electron chi connectivity index (χ2n) is 8.55. The summed E-state index contributed by atoms with van der Waals surface area (Å²) in [5.41, 5.74) is 1.31. The second-order valence-corrected chi connectivity index (χ2v) is 8.55. The van der Waals surface area contributed by atoms with E-state index in [0.717, 1.165) is 50.5 Å². The van der Waals surface area contributed by atoms with Gasteiger partial charge in [0, 0.05) is 58.1 Å². The standard InChI is InChI=1S/C24H36N2O4/c1-19-8-5-11-22(17-25(2)13-14-26(3)23(29)12-7-15-27)24(19,30-4)21-10-6-9-20(16-21)18-28/h6,9-10,15-16,18-19,22H,5,7-8,11-14,17H2,1-4H3. The van der Waals surface area contributed by atoms with Crippen molar-refractivity contribution >= 4 is 18.5 Å². The summed E-state index contributed by atoms with van der Waals surface area (Å²) in [6.07, 6.45) is 5.52. The molecule has 6 nitrogen and oxygen atoms in total. The van der Waals surface area contributed by atoms with E-state index in [0.29, 0.717) is 18.0 Å². The molecule has 0 radical (unpaired) electrons. The van der Waals surface area contributed by atoms with Gasteiger partial charge in [0.1, 0.15) is 12.6 Å². The van der Waals surface area contributed by atoms with E-state index in [1.807, 2.05) is 18.2 Å². The fourth-order valence-corrected chi connectivity index (χ4v) is 4.88. The Bertz CT molecular complexity index is 723. The molecule has 3 unspecified atom stereocenters. The van der Waals surface area contributed by atoms with E-state index in [1.165, 1.54) is 0 Å². The molecule has 0 aliphatic heterocycles. The van der Waals surface area contributed by atoms with Gasteiger partial charge >= 0.3 is 0 Å². The third kappa shape index (κ3) is 5.55. The average Bonchev–Trinajstić information content (AvgIpc) is 2.76. The zero-order chi connectivity index (χ0) is 22.1. The predicted octanol–water partition coefficient (Wildman–Crippen LogP) is 3.15. The van der Waals surface area contributed by atoms with Crippen molar-refractivity contribution in [2.75, 3.05) is 40.8 Å². The van der Waals surface area contributed by atoms with Crippen molar-refractivity contribution in [1.29, 1.82) is 0 Å². The zero-order valence-electron chi connectivity index (χ0n) is 18.8. The maximum atomic E-state index is 12.0. The van der Waals surface area contributed by atoms with Crippen LogP contribution in [0.2, 0.25) is 0 Å². The molecule has 0 N–H and O–H groups in total. The Balaban J connectivity index is 2.12. The van der Waals surface area contributed by atoms with E-state index in [2.05, 4.69) is 24.9 Å². The highest BCUT2D eigenvalue weighted by Crippen LogP contribution is 2.48. The molecule has 30 heavy (non-hydrogen) atoms. The molecule has 1 aliphatic carbocycles. The van der Waals surface area contributed by atoms with Crippen molar-refractivity contribution in [2.45, 2.75) is 44.6 Å². The fraction of sp³-hybridized carbons (Fsp3) is 0.625. The van der Waals surface area contributed by atoms with Gasteiger partial charge in [-0.1, -0.05) is 31.5 Å². The molecule has 2 rings (SSSR count). The number of nitrogens with zero attached hydrogens (tertiary/aromatic N) is 2. The van der Waals surface area contributed by atoms with Gasteiger partial charge in [0.05, 0.1) is 5.60 Å². The lowest BCUT2D eigenvalue weighted by Crippen LogP contribution is -2.50. The first kappa shape index (κ1) is 24.2. The number of amides is 1. The van der Waals surface area contributed by atoms with Crippen LogP contribution >= 0.6 is 0 Å². The van der Waals surface area contributed by atoms with Crippen LogP contribution < -0.4 is 0 Å². The van der Waals surface area contributed by atoms with E-state index in [1.54, 1.807) is 19.1 Å². The number of rotatable bonds is 11. The summed E-state index contributed by atoms with van der Waals surface area (Å²) in [6, 6.07) is 7.80. The van der Waals surface area contributed by atoms with Crippen molar-refractivity contribution in [3.63, 3.8) is 0 Å². The van der Waals surface area contributed by atoms with Crippen LogP contribution in [0.25, 0.3) is 0 Å². The lowest BCUT2D eigenvalue weighted by Gasteiger charge is -2.49. The third-order valence-electron chi connectivity index (χ3n) is 6.59. The molecule has 1 aliphatic rings. The quantitative estimate of drug-likeness (QED) is 0.519. The van der Waals surface area contributed by atoms with Gasteiger partial charge in [0.2, 0.25) is 5.91 Å². The van der Waals surface area contributed by atoms with Crippen LogP contribution in [0.15, 0.2) is 24.3 Å². The Morgan fingerprint density at radius 1 is 1.23 bits per heavy atom. The number of carbonyl (C=O) groups is 3. The minimum absolute atomic E-state index is 0.00120. The van der Waals surface area contributed by atoms with Crippen LogP contribution in [-0.4, -0.2) is 69.1 Å². The summed E-state index contributed by atoms with van der Waals surface area (Å²) in [5.74, 6) is 0.622. The monoisotopic (exact) mass is 416 g/mol. The topological polar surface area (TPSA) is 66.9 Å². The Labute approximate surface area is 180 Å². The molecule has 1 aromatic carbocycles. The van der Waals surface area contributed by atoms with Crippen LogP contribution in [0, 0.1) is 11.8 Å². The molecule has 1 fully saturated rings. The summed E-state index contributed by atoms with van der Waals surface area (Å²) in [6.45, 7) is 4.46. The van der Waals surface area contributed by atoms with Crippen LogP contribution in [0.1, 0.15) is 54.9 Å². The van der Waals surface area contributed by atoms with E-state index >= 15 is 0 Å². The van der Waals surface area contributed by atoms with Gasteiger partial charge in [-0.2, -0.15) is 0 Å². The van der Waals surface area contributed by atoms with Crippen molar-refractivity contribution in [1.82, 2.24) is 9.80 Å². The fourth-order valence-electron chi connectivity index (χ4n) is 4.88. The Morgan fingerprint density at radius 3 is 2.67 bits per heavy atom. The molecule has 0 spiro atoms. The minimum Gasteiger partial charge on any atom is -0.373 e. The molecule has 0 saturated heterocycles. The lowest BCUT2D eigenvalue weighted by atomic mass is 9.65. The molecular weight excluding hydrogens is 380 g/mol. The normalized spacial score (nSPS) is 23.9. The molecule has 0 heterocycles. The maximum Gasteiger partial charge on any atom is 0.222 e. The SMILES string of the molecule is COC1(c2cccc(C=O)c2)C(C)CCCC1CN(C)CCN(C)C(=O)CCC=O. The number of likely N-dealkylation sites (N-methyl/N-ethyl adjacent to an activating group) is 2. The third-order valence-corrected chi connectivity index (χ3v) is 6.59. The Kier molecular flexibility index (Phi) is 9.18. The first-order valence-corrected chi connectivity index (χ1v) is 10.9. The summed E-state index contributed by atoms with van der Waals surface area (Å²) in [4.78, 5) is 37.8. The number of aldehydes is 2. The first-order chi connectivity index (χ1) is 14.4. The van der Waals surface area contributed by atoms with Gasteiger partial charge in [-0.15, -0.1) is 0 Å². The van der Waals surface area contributed by atoms with Gasteiger partial charge in [0.15, 0.2) is 0 Å². The van der Waals surface area contributed by atoms with Crippen LogP contribution in [0.3, 0.4) is 0 Å². The number of methoxy groups -OCH3 is 1. The van der Waals surface area contributed by atoms with Gasteiger partial charge in [0.25, 0.3) is 0 Å². The smallest absolute Gasteiger partial charge is 0.222 e. The molecule has 0 bridgehead atoms. The summed E-state index contributed by atoms with van der Waals surface area (Å²) in [5, 5.41) is 0. The molecule has 166 valence electrons. The maximum absolute atomic E-state index is 12.0. The molecule has 3 atom stereocenters. The summed E-state index contributed by atoms with van der Waals surface area (Å²) >= 11 is 0. The second kappa shape index (κ2) is 11.4. The summed E-state index contributed by atoms with van der Waals surface area (Å²) in [7, 11) is 5.64. The molecule has 1 saturated carbocycles. The van der Waals surface area contributed by atoms with Gasteiger partial charge in [-0.3, -0.25) is 9.59 Å². The number of hydrogen-bond acceptors (Lipinski definition) is 5. The van der Waals surface area contributed by atoms with E-state index in [9.17, 15) is 14.4 Å². The van der Waals surface area contributed by atoms with Gasteiger partial charge in [-0.05, 0) is 37.4 Å². The van der Waals surface area contributed by atoms with Crippen LogP contribution in [-0.2, 0) is 19.9 Å². The van der Waals surface area contributed by atoms with Crippen molar-refractivity contribution in [3.8, 4) is 0 Å². The Hall–Kier alpha value is -2.05. The van der Waals surface area contributed by atoms with E-state index in [-0.39, 0.29) is 24.7 Å². The Morgan fingerprint density at radius 2 is 2.00 bits per heavy atom. The highest BCUT2D eigenvalue weighted by molar-refractivity contribution is 5.78. The van der Waals surface area contributed by atoms with Gasteiger partial charge < -0.3 is 19.3 Å². The zero-order valence-corrected chi connectivity index (χ0v) is 18.8. The number of ether oxygens (including phenoxy) is 1. The molecule has 6 heteroatoms. The van der Waals surface area contributed by atoms with Crippen LogP contribution in [0.4, 0.5) is 0 Å². The van der Waals surface area contributed by atoms with Gasteiger partial charge in [-0.25, -0.2) is 0 Å². The van der Waals surface area contributed by atoms with Crippen LogP contribution in [0.5, 0.6) is 0 Å². The highest BCUT2D eigenvalue weighted by atomic mass is 16.5. The minimum atomic E-state index is -0.433. The molecular formula is C24H36N2O4. The lowest BCUT2D eigenvalue weighted by molar-refractivity contribution is -0.134. The van der Waals surface area contributed by atoms with Crippen molar-refractivity contribution in [2.24, 2.45) is 11.8 Å². The first-order valence-electron chi connectivity index (χ1n) is 10.9. The predicted molar refractivity (Wildman–Crippen MR) is 117 cm³/mol. The van der Waals surface area contributed by atoms with Crippen molar-refractivity contribution in [3.05, 3.63) is 35.4 Å². The molecule has 1 amide bonds. The van der Waals surface area contributed by atoms with E-state index < -0.39 is 5.60 Å². The average molecular weight is 417 g/mol. The number of hydrogen-bond donors (Lipinski definition) is 0. The summed E-state index contributed by atoms with van der Waals surface area (Å²) < 4.78 is 6.26. The largest absolute Gasteiger partial charge is 0.373 e. The van der Waals surface area contributed by atoms with Crippen molar-refractivity contribution < 1.29 is 19.1 Å². The van der Waals surface area contributed by atoms with E-state index in [4.69, 9.17) is 4.74 Å². The number of carbonyl (C=O) groups excluding carboxylic acids is 3. The number of benzene rings is 1. The molecule has 1 aromatic rings. The highest BCUT2D eigenvalue weighted by Gasteiger charge is 2.47.